The summed E-state index contributed by atoms with van der Waals surface area (Å²) in [6.45, 7) is 1.09. The molecular formula is C12H11BrFNO4S. The highest BCUT2D eigenvalue weighted by Crippen LogP contribution is 2.25. The third-order valence-electron chi connectivity index (χ3n) is 2.54. The normalized spacial score (nSPS) is 11.6. The zero-order valence-electron chi connectivity index (χ0n) is 10.4. The van der Waals surface area contributed by atoms with Crippen molar-refractivity contribution in [2.45, 2.75) is 18.4 Å². The monoisotopic (exact) mass is 363 g/mol. The molecule has 0 fully saturated rings. The van der Waals surface area contributed by atoms with E-state index in [1.165, 1.54) is 25.1 Å². The van der Waals surface area contributed by atoms with Crippen molar-refractivity contribution in [3.63, 3.8) is 0 Å². The van der Waals surface area contributed by atoms with Crippen LogP contribution in [0.4, 0.5) is 10.1 Å². The number of benzene rings is 1. The molecule has 0 atom stereocenters. The number of hydrogen-bond acceptors (Lipinski definition) is 4. The SMILES string of the molecule is Cc1oc(CO)cc1S(=O)(=O)Nc1ccc(F)c(Br)c1. The minimum atomic E-state index is -3.86. The number of aryl methyl sites for hydroxylation is 1. The molecule has 2 aromatic rings. The molecule has 0 saturated heterocycles. The number of hydrogen-bond donors (Lipinski definition) is 2. The van der Waals surface area contributed by atoms with Crippen molar-refractivity contribution >= 4 is 31.6 Å². The van der Waals surface area contributed by atoms with Crippen molar-refractivity contribution in [3.8, 4) is 0 Å². The summed E-state index contributed by atoms with van der Waals surface area (Å²) >= 11 is 2.98. The summed E-state index contributed by atoms with van der Waals surface area (Å²) in [7, 11) is -3.86. The van der Waals surface area contributed by atoms with Crippen LogP contribution in [-0.2, 0) is 16.6 Å². The number of sulfonamides is 1. The molecule has 0 aliphatic rings. The van der Waals surface area contributed by atoms with Crippen LogP contribution in [0.15, 0.2) is 38.1 Å². The molecule has 0 bridgehead atoms. The first-order valence-electron chi connectivity index (χ1n) is 5.51. The van der Waals surface area contributed by atoms with E-state index >= 15 is 0 Å². The van der Waals surface area contributed by atoms with Gasteiger partial charge in [-0.1, -0.05) is 0 Å². The van der Waals surface area contributed by atoms with Crippen molar-refractivity contribution in [2.24, 2.45) is 0 Å². The van der Waals surface area contributed by atoms with E-state index in [1.807, 2.05) is 0 Å². The predicted octanol–water partition coefficient (Wildman–Crippen LogP) is 2.78. The molecule has 108 valence electrons. The molecule has 0 radical (unpaired) electrons. The van der Waals surface area contributed by atoms with E-state index in [0.717, 1.165) is 6.07 Å². The minimum absolute atomic E-state index is 0.0676. The van der Waals surface area contributed by atoms with E-state index in [0.29, 0.717) is 0 Å². The molecule has 0 unspecified atom stereocenters. The molecule has 1 aromatic heterocycles. The Morgan fingerprint density at radius 1 is 1.40 bits per heavy atom. The Hall–Kier alpha value is -1.38. The third kappa shape index (κ3) is 3.02. The molecule has 8 heteroatoms. The molecule has 1 heterocycles. The summed E-state index contributed by atoms with van der Waals surface area (Å²) < 4.78 is 45.0. The van der Waals surface area contributed by atoms with Gasteiger partial charge >= 0.3 is 0 Å². The van der Waals surface area contributed by atoms with Crippen molar-refractivity contribution in [3.05, 3.63) is 46.1 Å². The van der Waals surface area contributed by atoms with Crippen LogP contribution in [-0.4, -0.2) is 13.5 Å². The number of aliphatic hydroxyl groups is 1. The Labute approximate surface area is 123 Å². The Balaban J connectivity index is 2.35. The van der Waals surface area contributed by atoms with Gasteiger partial charge in [0.25, 0.3) is 10.0 Å². The van der Waals surface area contributed by atoms with Crippen molar-refractivity contribution < 1.29 is 22.3 Å². The fourth-order valence-electron chi connectivity index (χ4n) is 1.64. The first-order chi connectivity index (χ1) is 9.33. The quantitative estimate of drug-likeness (QED) is 0.875. The Kier molecular flexibility index (Phi) is 4.17. The van der Waals surface area contributed by atoms with Gasteiger partial charge < -0.3 is 9.52 Å². The van der Waals surface area contributed by atoms with E-state index in [-0.39, 0.29) is 26.6 Å². The summed E-state index contributed by atoms with van der Waals surface area (Å²) in [6.07, 6.45) is 0. The van der Waals surface area contributed by atoms with E-state index in [1.54, 1.807) is 0 Å². The molecule has 0 aliphatic heterocycles. The van der Waals surface area contributed by atoms with E-state index in [9.17, 15) is 12.8 Å². The van der Waals surface area contributed by atoms with Crippen molar-refractivity contribution in [1.29, 1.82) is 0 Å². The lowest BCUT2D eigenvalue weighted by Gasteiger charge is -2.07. The van der Waals surface area contributed by atoms with Gasteiger partial charge in [-0.25, -0.2) is 12.8 Å². The van der Waals surface area contributed by atoms with Gasteiger partial charge in [-0.2, -0.15) is 0 Å². The zero-order valence-corrected chi connectivity index (χ0v) is 12.8. The van der Waals surface area contributed by atoms with Gasteiger partial charge in [-0.05, 0) is 41.1 Å². The molecule has 0 amide bonds. The summed E-state index contributed by atoms with van der Waals surface area (Å²) in [5.74, 6) is -0.166. The van der Waals surface area contributed by atoms with Gasteiger partial charge in [-0.15, -0.1) is 0 Å². The minimum Gasteiger partial charge on any atom is -0.462 e. The Morgan fingerprint density at radius 3 is 2.65 bits per heavy atom. The topological polar surface area (TPSA) is 79.5 Å². The number of halogens is 2. The first-order valence-corrected chi connectivity index (χ1v) is 7.79. The van der Waals surface area contributed by atoms with Crippen LogP contribution in [0.25, 0.3) is 0 Å². The van der Waals surface area contributed by atoms with E-state index < -0.39 is 22.4 Å². The Bertz CT molecular complexity index is 742. The lowest BCUT2D eigenvalue weighted by atomic mass is 10.3. The largest absolute Gasteiger partial charge is 0.462 e. The number of anilines is 1. The highest BCUT2D eigenvalue weighted by Gasteiger charge is 2.21. The number of aliphatic hydroxyl groups excluding tert-OH is 1. The summed E-state index contributed by atoms with van der Waals surface area (Å²) in [5.41, 5.74) is 0.212. The number of furan rings is 1. The fourth-order valence-corrected chi connectivity index (χ4v) is 3.27. The van der Waals surface area contributed by atoms with Crippen LogP contribution < -0.4 is 4.72 Å². The molecule has 0 spiro atoms. The van der Waals surface area contributed by atoms with Crippen molar-refractivity contribution in [1.82, 2.24) is 0 Å². The summed E-state index contributed by atoms with van der Waals surface area (Å²) in [4.78, 5) is -0.0676. The molecule has 5 nitrogen and oxygen atoms in total. The smallest absolute Gasteiger partial charge is 0.265 e. The van der Waals surface area contributed by atoms with Crippen LogP contribution in [0.3, 0.4) is 0 Å². The van der Waals surface area contributed by atoms with Crippen LogP contribution >= 0.6 is 15.9 Å². The maximum Gasteiger partial charge on any atom is 0.265 e. The highest BCUT2D eigenvalue weighted by molar-refractivity contribution is 9.10. The van der Waals surface area contributed by atoms with Crippen LogP contribution in [0.1, 0.15) is 11.5 Å². The average molecular weight is 364 g/mol. The fraction of sp³-hybridized carbons (Fsp3) is 0.167. The summed E-state index contributed by atoms with van der Waals surface area (Å²) in [5, 5.41) is 8.94. The number of nitrogens with one attached hydrogen (secondary N) is 1. The maximum atomic E-state index is 13.1. The van der Waals surface area contributed by atoms with Gasteiger partial charge in [0, 0.05) is 6.07 Å². The molecule has 2 rings (SSSR count). The Morgan fingerprint density at radius 2 is 2.10 bits per heavy atom. The molecule has 2 N–H and O–H groups in total. The predicted molar refractivity (Wildman–Crippen MR) is 74.3 cm³/mol. The van der Waals surface area contributed by atoms with E-state index in [2.05, 4.69) is 20.7 Å². The second kappa shape index (κ2) is 5.55. The number of rotatable bonds is 4. The second-order valence-electron chi connectivity index (χ2n) is 4.03. The highest BCUT2D eigenvalue weighted by atomic mass is 79.9. The van der Waals surface area contributed by atoms with Gasteiger partial charge in [-0.3, -0.25) is 4.72 Å². The van der Waals surface area contributed by atoms with Gasteiger partial charge in [0.05, 0.1) is 10.2 Å². The molecule has 0 aliphatic carbocycles. The maximum absolute atomic E-state index is 13.1. The lowest BCUT2D eigenvalue weighted by Crippen LogP contribution is -2.13. The molecule has 20 heavy (non-hydrogen) atoms. The van der Waals surface area contributed by atoms with Crippen LogP contribution in [0.5, 0.6) is 0 Å². The van der Waals surface area contributed by atoms with Crippen LogP contribution in [0, 0.1) is 12.7 Å². The van der Waals surface area contributed by atoms with Crippen molar-refractivity contribution in [2.75, 3.05) is 4.72 Å². The van der Waals surface area contributed by atoms with Gasteiger partial charge in [0.2, 0.25) is 0 Å². The van der Waals surface area contributed by atoms with Crippen LogP contribution in [0.2, 0.25) is 0 Å². The lowest BCUT2D eigenvalue weighted by molar-refractivity contribution is 0.245. The summed E-state index contributed by atoms with van der Waals surface area (Å²) in [6, 6.07) is 5.01. The molecular weight excluding hydrogens is 353 g/mol. The van der Waals surface area contributed by atoms with Gasteiger partial charge in [0.15, 0.2) is 0 Å². The average Bonchev–Trinajstić information content (AvgIpc) is 2.76. The van der Waals surface area contributed by atoms with Gasteiger partial charge in [0.1, 0.15) is 28.8 Å². The molecule has 0 saturated carbocycles. The molecule has 1 aromatic carbocycles. The first kappa shape index (κ1) is 15.0. The standard InChI is InChI=1S/C12H11BrFNO4S/c1-7-12(5-9(6-16)19-7)20(17,18)15-8-2-3-11(14)10(13)4-8/h2-5,15-16H,6H2,1H3. The zero-order chi connectivity index (χ0) is 14.9. The second-order valence-corrected chi connectivity index (χ2v) is 6.53. The third-order valence-corrected chi connectivity index (χ3v) is 4.64. The van der Waals surface area contributed by atoms with E-state index in [4.69, 9.17) is 9.52 Å².